The Morgan fingerprint density at radius 2 is 1.59 bits per heavy atom. The first-order valence-corrected chi connectivity index (χ1v) is 7.88. The molecule has 0 aliphatic carbocycles. The van der Waals surface area contributed by atoms with E-state index in [1.807, 2.05) is 13.8 Å². The average molecular weight is 265 g/mol. The monoisotopic (exact) mass is 265 g/mol. The smallest absolute Gasteiger partial charge is 0.156 e. The lowest BCUT2D eigenvalue weighted by molar-refractivity contribution is 0.0331. The van der Waals surface area contributed by atoms with Gasteiger partial charge in [0, 0.05) is 13.1 Å². The molecule has 0 aliphatic heterocycles. The van der Waals surface area contributed by atoms with Crippen LogP contribution in [0.3, 0.4) is 0 Å². The molecule has 17 heavy (non-hydrogen) atoms. The summed E-state index contributed by atoms with van der Waals surface area (Å²) in [6.45, 7) is 9.81. The van der Waals surface area contributed by atoms with Gasteiger partial charge in [0.05, 0.1) is 16.1 Å². The molecular formula is C12H27NO3S. The number of aliphatic hydroxyl groups is 1. The molecule has 0 spiro atoms. The lowest BCUT2D eigenvalue weighted by atomic mass is 9.98. The van der Waals surface area contributed by atoms with Crippen LogP contribution in [-0.4, -0.2) is 42.7 Å². The van der Waals surface area contributed by atoms with Crippen LogP contribution in [0.5, 0.6) is 0 Å². The van der Waals surface area contributed by atoms with E-state index in [1.165, 1.54) is 0 Å². The molecule has 0 atom stereocenters. The summed E-state index contributed by atoms with van der Waals surface area (Å²) in [5.74, 6) is 0.111. The highest BCUT2D eigenvalue weighted by Crippen LogP contribution is 2.16. The van der Waals surface area contributed by atoms with Crippen molar-refractivity contribution in [2.75, 3.05) is 18.8 Å². The normalized spacial score (nSPS) is 14.0. The van der Waals surface area contributed by atoms with Gasteiger partial charge in [0.1, 0.15) is 0 Å². The molecule has 0 aromatic carbocycles. The predicted octanol–water partition coefficient (Wildman–Crippen LogP) is 1.34. The highest BCUT2D eigenvalue weighted by Gasteiger charge is 2.28. The van der Waals surface area contributed by atoms with Gasteiger partial charge in [-0.2, -0.15) is 0 Å². The van der Waals surface area contributed by atoms with Gasteiger partial charge in [0.25, 0.3) is 0 Å². The quantitative estimate of drug-likeness (QED) is 0.682. The minimum absolute atomic E-state index is 0.111. The van der Waals surface area contributed by atoms with Crippen molar-refractivity contribution in [3.05, 3.63) is 0 Å². The van der Waals surface area contributed by atoms with Crippen molar-refractivity contribution in [3.63, 3.8) is 0 Å². The molecule has 0 unspecified atom stereocenters. The summed E-state index contributed by atoms with van der Waals surface area (Å²) in [6.07, 6.45) is 1.34. The molecule has 4 nitrogen and oxygen atoms in total. The second kappa shape index (κ2) is 6.16. The van der Waals surface area contributed by atoms with Crippen molar-refractivity contribution in [3.8, 4) is 0 Å². The van der Waals surface area contributed by atoms with Gasteiger partial charge in [0.2, 0.25) is 0 Å². The first-order chi connectivity index (χ1) is 7.58. The fourth-order valence-electron chi connectivity index (χ4n) is 1.33. The van der Waals surface area contributed by atoms with Crippen molar-refractivity contribution >= 4 is 9.84 Å². The lowest BCUT2D eigenvalue weighted by Crippen LogP contribution is -2.42. The minimum Gasteiger partial charge on any atom is -0.389 e. The van der Waals surface area contributed by atoms with E-state index in [2.05, 4.69) is 5.32 Å². The first-order valence-electron chi connectivity index (χ1n) is 6.23. The molecule has 0 saturated heterocycles. The van der Waals surface area contributed by atoms with Crippen LogP contribution < -0.4 is 5.32 Å². The number of hydrogen-bond donors (Lipinski definition) is 2. The Morgan fingerprint density at radius 1 is 1.12 bits per heavy atom. The van der Waals surface area contributed by atoms with Gasteiger partial charge in [-0.25, -0.2) is 8.42 Å². The van der Waals surface area contributed by atoms with E-state index in [4.69, 9.17) is 0 Å². The van der Waals surface area contributed by atoms with E-state index in [0.717, 1.165) is 0 Å². The van der Waals surface area contributed by atoms with E-state index < -0.39 is 20.2 Å². The zero-order valence-electron chi connectivity index (χ0n) is 11.7. The Labute approximate surface area is 106 Å². The molecule has 104 valence electrons. The zero-order valence-corrected chi connectivity index (χ0v) is 12.5. The standard InChI is InChI=1S/C12H27NO3S/c1-6-12(14,7-2)10-13-8-9-17(15,16)11(3,4)5/h13-14H,6-10H2,1-5H3. The van der Waals surface area contributed by atoms with Crippen molar-refractivity contribution in [1.29, 1.82) is 0 Å². The average Bonchev–Trinajstić information content (AvgIpc) is 2.22. The summed E-state index contributed by atoms with van der Waals surface area (Å²) >= 11 is 0. The Hall–Kier alpha value is -0.130. The third kappa shape index (κ3) is 5.36. The van der Waals surface area contributed by atoms with Gasteiger partial charge in [-0.15, -0.1) is 0 Å². The van der Waals surface area contributed by atoms with Crippen molar-refractivity contribution < 1.29 is 13.5 Å². The number of hydrogen-bond acceptors (Lipinski definition) is 4. The maximum atomic E-state index is 11.8. The highest BCUT2D eigenvalue weighted by atomic mass is 32.2. The van der Waals surface area contributed by atoms with Crippen molar-refractivity contribution in [2.24, 2.45) is 0 Å². The zero-order chi connectivity index (χ0) is 13.7. The maximum absolute atomic E-state index is 11.8. The van der Waals surface area contributed by atoms with Gasteiger partial charge in [-0.05, 0) is 33.6 Å². The lowest BCUT2D eigenvalue weighted by Gasteiger charge is -2.26. The molecule has 0 fully saturated rings. The van der Waals surface area contributed by atoms with Crippen LogP contribution in [-0.2, 0) is 9.84 Å². The van der Waals surface area contributed by atoms with Crippen LogP contribution in [0.1, 0.15) is 47.5 Å². The molecule has 0 bridgehead atoms. The number of nitrogens with one attached hydrogen (secondary N) is 1. The summed E-state index contributed by atoms with van der Waals surface area (Å²) in [6, 6.07) is 0. The van der Waals surface area contributed by atoms with Crippen LogP contribution in [0, 0.1) is 0 Å². The third-order valence-corrected chi connectivity index (χ3v) is 5.86. The van der Waals surface area contributed by atoms with Gasteiger partial charge in [-0.1, -0.05) is 13.8 Å². The molecule has 0 rings (SSSR count). The Bertz CT molecular complexity index is 313. The van der Waals surface area contributed by atoms with Crippen LogP contribution >= 0.6 is 0 Å². The highest BCUT2D eigenvalue weighted by molar-refractivity contribution is 7.92. The molecule has 0 saturated carbocycles. The fraction of sp³-hybridized carbons (Fsp3) is 1.00. The van der Waals surface area contributed by atoms with E-state index in [9.17, 15) is 13.5 Å². The molecule has 0 heterocycles. The van der Waals surface area contributed by atoms with E-state index in [1.54, 1.807) is 20.8 Å². The summed E-state index contributed by atoms with van der Waals surface area (Å²) < 4.78 is 22.9. The van der Waals surface area contributed by atoms with Gasteiger partial charge >= 0.3 is 0 Å². The van der Waals surface area contributed by atoms with Crippen LogP contribution in [0.25, 0.3) is 0 Å². The summed E-state index contributed by atoms with van der Waals surface area (Å²) in [5, 5.41) is 13.0. The maximum Gasteiger partial charge on any atom is 0.156 e. The number of rotatable bonds is 7. The molecule has 0 aromatic rings. The first kappa shape index (κ1) is 16.9. The summed E-state index contributed by atoms with van der Waals surface area (Å²) in [5.41, 5.74) is -0.717. The molecule has 0 amide bonds. The van der Waals surface area contributed by atoms with E-state index in [-0.39, 0.29) is 5.75 Å². The van der Waals surface area contributed by atoms with Crippen LogP contribution in [0.2, 0.25) is 0 Å². The summed E-state index contributed by atoms with van der Waals surface area (Å²) in [4.78, 5) is 0. The van der Waals surface area contributed by atoms with Crippen molar-refractivity contribution in [1.82, 2.24) is 5.32 Å². The van der Waals surface area contributed by atoms with Gasteiger partial charge < -0.3 is 10.4 Å². The second-order valence-corrected chi connectivity index (χ2v) is 8.40. The van der Waals surface area contributed by atoms with E-state index >= 15 is 0 Å². The van der Waals surface area contributed by atoms with Crippen molar-refractivity contribution in [2.45, 2.75) is 57.8 Å². The molecule has 0 aromatic heterocycles. The molecule has 2 N–H and O–H groups in total. The molecule has 0 radical (unpaired) electrons. The molecule has 0 aliphatic rings. The SMILES string of the molecule is CCC(O)(CC)CNCCS(=O)(=O)C(C)(C)C. The molecule has 5 heteroatoms. The second-order valence-electron chi connectivity index (χ2n) is 5.54. The third-order valence-electron chi connectivity index (χ3n) is 3.25. The number of sulfone groups is 1. The van der Waals surface area contributed by atoms with Gasteiger partial charge in [0.15, 0.2) is 9.84 Å². The fourth-order valence-corrected chi connectivity index (χ4v) is 2.36. The largest absolute Gasteiger partial charge is 0.389 e. The predicted molar refractivity (Wildman–Crippen MR) is 71.9 cm³/mol. The van der Waals surface area contributed by atoms with Crippen LogP contribution in [0.4, 0.5) is 0 Å². The Morgan fingerprint density at radius 3 is 1.94 bits per heavy atom. The Kier molecular flexibility index (Phi) is 6.11. The van der Waals surface area contributed by atoms with Gasteiger partial charge in [-0.3, -0.25) is 0 Å². The van der Waals surface area contributed by atoms with E-state index in [0.29, 0.717) is 25.9 Å². The summed E-state index contributed by atoms with van der Waals surface area (Å²) in [7, 11) is -3.07. The molecular weight excluding hydrogens is 238 g/mol. The topological polar surface area (TPSA) is 66.4 Å². The minimum atomic E-state index is -3.07. The van der Waals surface area contributed by atoms with Crippen LogP contribution in [0.15, 0.2) is 0 Å². The Balaban J connectivity index is 4.11.